The third-order valence-electron chi connectivity index (χ3n) is 19.8. The smallest absolute Gasteiger partial charge is 0.326 e. The second-order valence-electron chi connectivity index (χ2n) is 30.1. The second kappa shape index (κ2) is 50.5. The number of aliphatic hydroxyl groups excluding tert-OH is 3. The maximum Gasteiger partial charge on any atom is 0.326 e. The quantitative estimate of drug-likeness (QED) is 0.0108. The number of aliphatic carboxylic acids is 1. The van der Waals surface area contributed by atoms with E-state index in [1.807, 2.05) is 0 Å². The fourth-order valence-electron chi connectivity index (χ4n) is 12.5. The van der Waals surface area contributed by atoms with Gasteiger partial charge in [0.05, 0.1) is 37.1 Å². The van der Waals surface area contributed by atoms with Gasteiger partial charge in [0.15, 0.2) is 5.96 Å². The standard InChI is InChI=1S/C75H119N23O21S3/c1-12-34(4)55(69(113)86-37(7)73(117)98-23-16-20-52(98)74(118)119)94-67(111)51(31-121)92-60(104)36(6)85-70(114)56(38(8)99)95-62(106)46(19-15-22-81-75(78)79)87-59(103)35(5)84-71(115)57(39(9)100)97-66(110)50(27-53(77)102)91-72(116)58(40(10)101)96-63(107)47(21-24-122-11)88-64(108)48(25-41-28-82-45-18-14-13-17-43(41)45)89-65(109)49(26-42-29-80-32-83-42)90-68(112)54(33(2)3)93-61(105)44(76)30-120/h13-14,17-18,28-29,32-40,44,46-52,54-58,82,99-101,120-121H,12,15-16,19-27,30-31,76H2,1-11H3,(H2,77,102)(H,80,83)(H,84,115)(H,85,114)(H,86,113)(H,87,103)(H,88,108)(H,89,109)(H,90,112)(H,91,116)(H,92,104)(H,93,105)(H,94,111)(H,95,106)(H,96,107)(H,97,110)(H,118,119)(H4,78,79,81)/t34-,35-,36-,37-,38+,39+,40+,44-,46-,47-,48-,49-,50-,51-,52-,54-,55-,56-,57-,58-/m0/s1. The zero-order valence-corrected chi connectivity index (χ0v) is 72.4. The summed E-state index contributed by atoms with van der Waals surface area (Å²) < 4.78 is 0. The van der Waals surface area contributed by atoms with E-state index in [0.29, 0.717) is 35.0 Å². The number of H-pyrrole nitrogens is 2. The number of carbonyl (C=O) groups excluding carboxylic acids is 16. The van der Waals surface area contributed by atoms with Crippen LogP contribution < -0.4 is 97.4 Å². The Balaban J connectivity index is 1.50. The Labute approximate surface area is 719 Å². The van der Waals surface area contributed by atoms with Crippen molar-refractivity contribution >= 4 is 154 Å². The van der Waals surface area contributed by atoms with Crippen LogP contribution in [0.5, 0.6) is 0 Å². The number of rotatable bonds is 51. The number of amides is 16. The minimum absolute atomic E-state index is 0.0350. The normalized spacial score (nSPS) is 17.2. The lowest BCUT2D eigenvalue weighted by atomic mass is 9.97. The van der Waals surface area contributed by atoms with Crippen molar-refractivity contribution in [3.8, 4) is 0 Å². The molecule has 28 N–H and O–H groups in total. The number of likely N-dealkylation sites (tertiary alicyclic amines) is 1. The number of aromatic amines is 2. The predicted octanol–water partition coefficient (Wildman–Crippen LogP) is -7.69. The molecule has 0 unspecified atom stereocenters. The fourth-order valence-corrected chi connectivity index (χ4v) is 13.4. The molecule has 2 aromatic heterocycles. The molecular weight excluding hydrogens is 1660 g/mol. The van der Waals surface area contributed by atoms with Crippen LogP contribution in [0, 0.1) is 11.8 Å². The number of thioether (sulfide) groups is 1. The third kappa shape index (κ3) is 32.2. The number of thiol groups is 2. The molecule has 0 spiro atoms. The highest BCUT2D eigenvalue weighted by atomic mass is 32.2. The number of aliphatic imine (C=N–C) groups is 1. The summed E-state index contributed by atoms with van der Waals surface area (Å²) >= 11 is 9.54. The van der Waals surface area contributed by atoms with E-state index < -0.39 is 234 Å². The van der Waals surface area contributed by atoms with Gasteiger partial charge in [-0.15, -0.1) is 0 Å². The lowest BCUT2D eigenvalue weighted by Crippen LogP contribution is -2.63. The van der Waals surface area contributed by atoms with Gasteiger partial charge >= 0.3 is 5.97 Å². The number of guanidine groups is 1. The first-order valence-corrected chi connectivity index (χ1v) is 42.2. The molecule has 1 fully saturated rings. The lowest BCUT2D eigenvalue weighted by Gasteiger charge is -2.29. The summed E-state index contributed by atoms with van der Waals surface area (Å²) in [6.07, 6.45) is -0.225. The SMILES string of the molecule is CC[C@H](C)[C@H](NC(=O)[C@H](CS)NC(=O)[C@H](C)NC(=O)[C@@H](NC(=O)[C@H](CCCN=C(N)N)NC(=O)[C@H](C)NC(=O)[C@@H](NC(=O)[C@H](CC(N)=O)NC(=O)[C@@H](NC(=O)[C@H](CCSC)NC(=O)[C@H](Cc1c[nH]c2ccccc12)NC(=O)[C@H](Cc1cnc[nH]1)NC(=O)[C@@H](NC(=O)[C@@H](N)CS)C(C)C)[C@@H](C)O)[C@@H](C)O)[C@@H](C)O)C(=O)N[C@@H](C)C(=O)N1CCC[C@H]1C(=O)O. The molecule has 20 atom stereocenters. The van der Waals surface area contributed by atoms with Crippen LogP contribution in [0.2, 0.25) is 0 Å². The number of imidazole rings is 1. The number of nitrogens with one attached hydrogen (secondary N) is 16. The molecule has 1 aromatic carbocycles. The number of fused-ring (bicyclic) bond motifs is 1. The first-order chi connectivity index (χ1) is 57.4. The Morgan fingerprint density at radius 1 is 0.541 bits per heavy atom. The van der Waals surface area contributed by atoms with Gasteiger partial charge in [-0.1, -0.05) is 52.3 Å². The van der Waals surface area contributed by atoms with E-state index in [9.17, 15) is 102 Å². The predicted molar refractivity (Wildman–Crippen MR) is 452 cm³/mol. The molecule has 3 aromatic rings. The van der Waals surface area contributed by atoms with Gasteiger partial charge in [-0.25, -0.2) is 9.78 Å². The van der Waals surface area contributed by atoms with E-state index in [2.05, 4.69) is 120 Å². The van der Waals surface area contributed by atoms with Gasteiger partial charge < -0.3 is 133 Å². The Kier molecular flexibility index (Phi) is 42.8. The topological polar surface area (TPSA) is 704 Å². The van der Waals surface area contributed by atoms with Crippen LogP contribution in [0.15, 0.2) is 48.0 Å². The minimum atomic E-state index is -2.04. The van der Waals surface area contributed by atoms with Crippen molar-refractivity contribution in [2.24, 2.45) is 39.8 Å². The van der Waals surface area contributed by atoms with Crippen LogP contribution in [0.1, 0.15) is 125 Å². The Bertz CT molecular complexity index is 4150. The zero-order valence-electron chi connectivity index (χ0n) is 69.7. The number of carboxylic acids is 1. The molecule has 44 nitrogen and oxygen atoms in total. The molecular formula is C75H119N23O21S3. The number of aliphatic hydroxyl groups is 3. The average molecular weight is 1780 g/mol. The van der Waals surface area contributed by atoms with Crippen molar-refractivity contribution in [2.45, 2.75) is 242 Å². The molecule has 122 heavy (non-hydrogen) atoms. The van der Waals surface area contributed by atoms with Gasteiger partial charge in [0.2, 0.25) is 94.5 Å². The summed E-state index contributed by atoms with van der Waals surface area (Å²) in [6.45, 7) is 13.6. The highest BCUT2D eigenvalue weighted by Crippen LogP contribution is 2.22. The highest BCUT2D eigenvalue weighted by molar-refractivity contribution is 7.98. The molecule has 1 aliphatic heterocycles. The van der Waals surface area contributed by atoms with Crippen molar-refractivity contribution in [3.05, 3.63) is 54.2 Å². The summed E-state index contributed by atoms with van der Waals surface area (Å²) in [5.74, 6) is -19.1. The average Bonchev–Trinajstić information content (AvgIpc) is 1.65. The Morgan fingerprint density at radius 2 is 0.992 bits per heavy atom. The maximum atomic E-state index is 14.9. The number of para-hydroxylation sites is 1. The van der Waals surface area contributed by atoms with E-state index in [0.717, 1.165) is 32.6 Å². The van der Waals surface area contributed by atoms with E-state index in [4.69, 9.17) is 22.9 Å². The van der Waals surface area contributed by atoms with Crippen molar-refractivity contribution in [1.29, 1.82) is 0 Å². The first-order valence-electron chi connectivity index (χ1n) is 39.5. The van der Waals surface area contributed by atoms with Crippen LogP contribution in [-0.4, -0.2) is 298 Å². The molecule has 1 aliphatic rings. The molecule has 678 valence electrons. The summed E-state index contributed by atoms with van der Waals surface area (Å²) in [5, 5.41) is 77.5. The zero-order chi connectivity index (χ0) is 91.7. The van der Waals surface area contributed by atoms with Gasteiger partial charge in [-0.3, -0.25) is 81.7 Å². The molecule has 3 heterocycles. The fraction of sp³-hybridized carbons (Fsp3) is 0.613. The van der Waals surface area contributed by atoms with Crippen molar-refractivity contribution in [2.75, 3.05) is 36.6 Å². The second-order valence-corrected chi connectivity index (χ2v) is 31.8. The van der Waals surface area contributed by atoms with Gasteiger partial charge in [0, 0.05) is 66.4 Å². The van der Waals surface area contributed by atoms with E-state index in [-0.39, 0.29) is 74.8 Å². The van der Waals surface area contributed by atoms with Gasteiger partial charge in [0.1, 0.15) is 90.6 Å². The molecule has 47 heteroatoms. The molecule has 16 amide bonds. The largest absolute Gasteiger partial charge is 0.480 e. The Morgan fingerprint density at radius 3 is 1.49 bits per heavy atom. The number of hydrogen-bond acceptors (Lipinski definition) is 26. The number of carboxylic acid groups (broad SMARTS) is 1. The van der Waals surface area contributed by atoms with Gasteiger partial charge in [-0.05, 0) is 109 Å². The Hall–Kier alpha value is -10.9. The number of carbonyl (C=O) groups is 17. The van der Waals surface area contributed by atoms with E-state index >= 15 is 0 Å². The van der Waals surface area contributed by atoms with Crippen molar-refractivity contribution in [3.63, 3.8) is 0 Å². The summed E-state index contributed by atoms with van der Waals surface area (Å²) in [7, 11) is 0. The number of hydrogen-bond donors (Lipinski definition) is 26. The number of primary amides is 1. The third-order valence-corrected chi connectivity index (χ3v) is 21.2. The van der Waals surface area contributed by atoms with Crippen LogP contribution >= 0.6 is 37.0 Å². The number of nitrogens with zero attached hydrogens (tertiary/aromatic N) is 3. The first kappa shape index (κ1) is 103. The van der Waals surface area contributed by atoms with Gasteiger partial charge in [-0.2, -0.15) is 37.0 Å². The molecule has 0 bridgehead atoms. The van der Waals surface area contributed by atoms with Crippen LogP contribution in [0.25, 0.3) is 10.9 Å². The van der Waals surface area contributed by atoms with Crippen molar-refractivity contribution in [1.82, 2.24) is 94.3 Å². The van der Waals surface area contributed by atoms with Crippen LogP contribution in [0.4, 0.5) is 0 Å². The van der Waals surface area contributed by atoms with E-state index in [1.165, 1.54) is 38.1 Å². The number of nitrogens with two attached hydrogens (primary N) is 4. The lowest BCUT2D eigenvalue weighted by molar-refractivity contribution is -0.149. The summed E-state index contributed by atoms with van der Waals surface area (Å²) in [6, 6.07) is -17.5. The molecule has 0 aliphatic carbocycles. The maximum absolute atomic E-state index is 14.9. The summed E-state index contributed by atoms with van der Waals surface area (Å²) in [4.78, 5) is 249. The summed E-state index contributed by atoms with van der Waals surface area (Å²) in [5.41, 5.74) is 24.0. The number of aromatic nitrogens is 3. The van der Waals surface area contributed by atoms with Crippen molar-refractivity contribution < 1.29 is 102 Å². The monoisotopic (exact) mass is 1770 g/mol. The number of benzene rings is 1. The molecule has 0 saturated carbocycles. The molecule has 1 saturated heterocycles. The minimum Gasteiger partial charge on any atom is -0.480 e. The highest BCUT2D eigenvalue weighted by Gasteiger charge is 2.42. The van der Waals surface area contributed by atoms with Gasteiger partial charge in [0.25, 0.3) is 0 Å². The van der Waals surface area contributed by atoms with Crippen LogP contribution in [-0.2, 0) is 94.3 Å². The van der Waals surface area contributed by atoms with E-state index in [1.54, 1.807) is 64.4 Å². The molecule has 4 rings (SSSR count). The van der Waals surface area contributed by atoms with Crippen LogP contribution in [0.3, 0.4) is 0 Å². The molecule has 0 radical (unpaired) electrons.